The third kappa shape index (κ3) is 2.46. The SMILES string of the molecule is Cc1cc(Br)ccc1NC(=O)[C@@H](C)N1C(=O)[C@@H]2[C@H](C1=O)[C@H]1C=C[C@H]2C1. The van der Waals surface area contributed by atoms with Crippen LogP contribution in [0, 0.1) is 30.6 Å². The second-order valence-corrected chi connectivity index (χ2v) is 8.09. The van der Waals surface area contributed by atoms with E-state index in [1.165, 1.54) is 4.90 Å². The first-order valence-corrected chi connectivity index (χ1v) is 9.30. The van der Waals surface area contributed by atoms with E-state index in [9.17, 15) is 14.4 Å². The van der Waals surface area contributed by atoms with Crippen molar-refractivity contribution in [3.8, 4) is 0 Å². The number of rotatable bonds is 3. The van der Waals surface area contributed by atoms with Gasteiger partial charge in [0.2, 0.25) is 17.7 Å². The molecule has 1 saturated carbocycles. The zero-order valence-corrected chi connectivity index (χ0v) is 15.6. The van der Waals surface area contributed by atoms with Crippen LogP contribution in [0.4, 0.5) is 5.69 Å². The van der Waals surface area contributed by atoms with E-state index in [2.05, 4.69) is 33.4 Å². The second kappa shape index (κ2) is 5.80. The van der Waals surface area contributed by atoms with E-state index in [4.69, 9.17) is 0 Å². The minimum absolute atomic E-state index is 0.153. The Morgan fingerprint density at radius 3 is 2.36 bits per heavy atom. The number of nitrogens with zero attached hydrogens (tertiary/aromatic N) is 1. The van der Waals surface area contributed by atoms with Crippen molar-refractivity contribution in [2.24, 2.45) is 23.7 Å². The number of imide groups is 1. The number of anilines is 1. The van der Waals surface area contributed by atoms with Crippen molar-refractivity contribution < 1.29 is 14.4 Å². The summed E-state index contributed by atoms with van der Waals surface area (Å²) in [5.41, 5.74) is 1.59. The van der Waals surface area contributed by atoms with Crippen LogP contribution in [0.3, 0.4) is 0 Å². The molecule has 0 spiro atoms. The summed E-state index contributed by atoms with van der Waals surface area (Å²) in [5, 5.41) is 2.84. The monoisotopic (exact) mass is 402 g/mol. The number of carbonyl (C=O) groups is 3. The van der Waals surface area contributed by atoms with Gasteiger partial charge in [0.15, 0.2) is 0 Å². The molecule has 2 bridgehead atoms. The van der Waals surface area contributed by atoms with E-state index >= 15 is 0 Å². The van der Waals surface area contributed by atoms with Crippen molar-refractivity contribution in [1.29, 1.82) is 0 Å². The smallest absolute Gasteiger partial charge is 0.247 e. The largest absolute Gasteiger partial charge is 0.324 e. The van der Waals surface area contributed by atoms with Crippen molar-refractivity contribution >= 4 is 39.3 Å². The summed E-state index contributed by atoms with van der Waals surface area (Å²) in [7, 11) is 0. The van der Waals surface area contributed by atoms with Crippen LogP contribution in [0.1, 0.15) is 18.9 Å². The van der Waals surface area contributed by atoms with Gasteiger partial charge in [0.05, 0.1) is 11.8 Å². The van der Waals surface area contributed by atoms with Crippen molar-refractivity contribution in [3.05, 3.63) is 40.4 Å². The summed E-state index contributed by atoms with van der Waals surface area (Å²) in [4.78, 5) is 39.4. The normalized spacial score (nSPS) is 30.8. The molecule has 3 amide bonds. The summed E-state index contributed by atoms with van der Waals surface area (Å²) in [6.45, 7) is 3.51. The molecule has 1 aromatic carbocycles. The van der Waals surface area contributed by atoms with Gasteiger partial charge in [0.1, 0.15) is 6.04 Å². The molecule has 6 heteroatoms. The number of aryl methyl sites for hydroxylation is 1. The Hall–Kier alpha value is -1.95. The number of hydrogen-bond acceptors (Lipinski definition) is 3. The number of fused-ring (bicyclic) bond motifs is 5. The molecule has 0 aromatic heterocycles. The van der Waals surface area contributed by atoms with Crippen LogP contribution in [0.15, 0.2) is 34.8 Å². The summed E-state index contributed by atoms with van der Waals surface area (Å²) in [5.74, 6) is -0.961. The van der Waals surface area contributed by atoms with Gasteiger partial charge in [-0.3, -0.25) is 19.3 Å². The number of likely N-dealkylation sites (tertiary alicyclic amines) is 1. The van der Waals surface area contributed by atoms with Crippen molar-refractivity contribution in [2.75, 3.05) is 5.32 Å². The minimum atomic E-state index is -0.812. The van der Waals surface area contributed by atoms with Gasteiger partial charge in [-0.25, -0.2) is 0 Å². The van der Waals surface area contributed by atoms with Gasteiger partial charge in [-0.2, -0.15) is 0 Å². The molecule has 1 aliphatic heterocycles. The van der Waals surface area contributed by atoms with Crippen LogP contribution in [0.5, 0.6) is 0 Å². The van der Waals surface area contributed by atoms with Gasteiger partial charge in [-0.05, 0) is 55.9 Å². The van der Waals surface area contributed by atoms with Gasteiger partial charge in [-0.1, -0.05) is 28.1 Å². The standard InChI is InChI=1S/C19H19BrN2O3/c1-9-7-13(20)5-6-14(9)21-17(23)10(2)22-18(24)15-11-3-4-12(8-11)16(15)19(22)25/h3-7,10-12,15-16H,8H2,1-2H3,(H,21,23)/t10-,11+,12+,15-,16+/m1/s1. The molecule has 2 fully saturated rings. The Kier molecular flexibility index (Phi) is 3.83. The molecule has 2 aliphatic carbocycles. The third-order valence-corrected chi connectivity index (χ3v) is 6.21. The quantitative estimate of drug-likeness (QED) is 0.624. The molecule has 0 unspecified atom stereocenters. The van der Waals surface area contributed by atoms with Gasteiger partial charge in [0.25, 0.3) is 0 Å². The van der Waals surface area contributed by atoms with Gasteiger partial charge in [-0.15, -0.1) is 0 Å². The highest BCUT2D eigenvalue weighted by Crippen LogP contribution is 2.52. The van der Waals surface area contributed by atoms with Crippen LogP contribution >= 0.6 is 15.9 Å². The van der Waals surface area contributed by atoms with Crippen molar-refractivity contribution in [2.45, 2.75) is 26.3 Å². The molecule has 1 aromatic rings. The van der Waals surface area contributed by atoms with E-state index < -0.39 is 6.04 Å². The Balaban J connectivity index is 1.53. The summed E-state index contributed by atoms with van der Waals surface area (Å²) < 4.78 is 0.928. The molecule has 1 heterocycles. The lowest BCUT2D eigenvalue weighted by Crippen LogP contribution is -2.46. The van der Waals surface area contributed by atoms with Crippen molar-refractivity contribution in [3.63, 3.8) is 0 Å². The zero-order chi connectivity index (χ0) is 17.9. The maximum Gasteiger partial charge on any atom is 0.247 e. The number of carbonyl (C=O) groups excluding carboxylic acids is 3. The van der Waals surface area contributed by atoms with Gasteiger partial charge in [0, 0.05) is 10.2 Å². The molecule has 1 N–H and O–H groups in total. The first kappa shape index (κ1) is 16.5. The number of allylic oxidation sites excluding steroid dienone is 2. The molecule has 5 nitrogen and oxygen atoms in total. The maximum atomic E-state index is 12.8. The van der Waals surface area contributed by atoms with Crippen LogP contribution in [-0.2, 0) is 14.4 Å². The number of benzene rings is 1. The zero-order valence-electron chi connectivity index (χ0n) is 14.0. The molecule has 3 aliphatic rings. The van der Waals surface area contributed by atoms with E-state index in [0.29, 0.717) is 5.69 Å². The predicted octanol–water partition coefficient (Wildman–Crippen LogP) is 2.89. The minimum Gasteiger partial charge on any atom is -0.324 e. The Labute approximate surface area is 154 Å². The summed E-state index contributed by atoms with van der Waals surface area (Å²) >= 11 is 3.39. The van der Waals surface area contributed by atoms with Gasteiger partial charge >= 0.3 is 0 Å². The predicted molar refractivity (Wildman–Crippen MR) is 96.5 cm³/mol. The highest BCUT2D eigenvalue weighted by Gasteiger charge is 2.60. The average Bonchev–Trinajstić information content (AvgIpc) is 3.23. The fourth-order valence-electron chi connectivity index (χ4n) is 4.43. The highest BCUT2D eigenvalue weighted by atomic mass is 79.9. The lowest BCUT2D eigenvalue weighted by Gasteiger charge is -2.24. The van der Waals surface area contributed by atoms with E-state index in [1.54, 1.807) is 13.0 Å². The topological polar surface area (TPSA) is 66.5 Å². The Morgan fingerprint density at radius 1 is 1.20 bits per heavy atom. The average molecular weight is 403 g/mol. The summed E-state index contributed by atoms with van der Waals surface area (Å²) in [6.07, 6.45) is 4.99. The van der Waals surface area contributed by atoms with E-state index in [0.717, 1.165) is 16.5 Å². The van der Waals surface area contributed by atoms with Gasteiger partial charge < -0.3 is 5.32 Å². The molecule has 130 valence electrons. The van der Waals surface area contributed by atoms with Crippen LogP contribution in [0.25, 0.3) is 0 Å². The fourth-order valence-corrected chi connectivity index (χ4v) is 4.90. The lowest BCUT2D eigenvalue weighted by atomic mass is 9.85. The molecule has 0 radical (unpaired) electrons. The van der Waals surface area contributed by atoms with E-state index in [1.807, 2.05) is 19.1 Å². The van der Waals surface area contributed by atoms with Crippen molar-refractivity contribution in [1.82, 2.24) is 4.90 Å². The maximum absolute atomic E-state index is 12.8. The molecule has 5 atom stereocenters. The van der Waals surface area contributed by atoms with Crippen LogP contribution < -0.4 is 5.32 Å². The number of halogens is 1. The molecule has 1 saturated heterocycles. The van der Waals surface area contributed by atoms with E-state index in [-0.39, 0.29) is 41.4 Å². The van der Waals surface area contributed by atoms with Crippen LogP contribution in [0.2, 0.25) is 0 Å². The highest BCUT2D eigenvalue weighted by molar-refractivity contribution is 9.10. The first-order valence-electron chi connectivity index (χ1n) is 8.50. The Bertz CT molecular complexity index is 789. The van der Waals surface area contributed by atoms with Crippen LogP contribution in [-0.4, -0.2) is 28.7 Å². The molecular weight excluding hydrogens is 384 g/mol. The summed E-state index contributed by atoms with van der Waals surface area (Å²) in [6, 6.07) is 4.73. The fraction of sp³-hybridized carbons (Fsp3) is 0.421. The molecule has 4 rings (SSSR count). The molecule has 25 heavy (non-hydrogen) atoms. The molecular formula is C19H19BrN2O3. The lowest BCUT2D eigenvalue weighted by molar-refractivity contribution is -0.146. The third-order valence-electron chi connectivity index (χ3n) is 5.72. The number of amides is 3. The number of hydrogen-bond donors (Lipinski definition) is 1. The Morgan fingerprint density at radius 2 is 1.80 bits per heavy atom. The second-order valence-electron chi connectivity index (χ2n) is 7.17. The first-order chi connectivity index (χ1) is 11.9. The number of nitrogens with one attached hydrogen (secondary N) is 1.